The monoisotopic (exact) mass is 364 g/mol. The summed E-state index contributed by atoms with van der Waals surface area (Å²) in [6.45, 7) is 2.02. The van der Waals surface area contributed by atoms with E-state index in [0.717, 1.165) is 63.4 Å². The van der Waals surface area contributed by atoms with Gasteiger partial charge >= 0.3 is 0 Å². The summed E-state index contributed by atoms with van der Waals surface area (Å²) in [7, 11) is 0. The third kappa shape index (κ3) is 4.92. The fraction of sp³-hybridized carbons (Fsp3) is 0.652. The Morgan fingerprint density at radius 3 is 2.12 bits per heavy atom. The quantitative estimate of drug-likeness (QED) is 0.487. The third-order valence-electron chi connectivity index (χ3n) is 6.38. The van der Waals surface area contributed by atoms with E-state index in [1.807, 2.05) is 6.92 Å². The van der Waals surface area contributed by atoms with Crippen molar-refractivity contribution in [3.8, 4) is 0 Å². The maximum absolute atomic E-state index is 14.5. The van der Waals surface area contributed by atoms with Gasteiger partial charge in [0, 0.05) is 5.56 Å². The van der Waals surface area contributed by atoms with Crippen LogP contribution in [-0.4, -0.2) is 0 Å². The Hall–Kier alpha value is -1.25. The zero-order valence-corrected chi connectivity index (χ0v) is 15.9. The molecule has 1 saturated carbocycles. The highest BCUT2D eigenvalue weighted by molar-refractivity contribution is 5.29. The summed E-state index contributed by atoms with van der Waals surface area (Å²) in [5.74, 6) is 0.644. The lowest BCUT2D eigenvalue weighted by Gasteiger charge is -2.30. The van der Waals surface area contributed by atoms with Gasteiger partial charge in [-0.3, -0.25) is 0 Å². The number of aryl methyl sites for hydroxylation is 1. The van der Waals surface area contributed by atoms with Gasteiger partial charge in [0.25, 0.3) is 0 Å². The molecule has 0 amide bonds. The van der Waals surface area contributed by atoms with Crippen molar-refractivity contribution in [2.45, 2.75) is 83.5 Å². The molecule has 1 fully saturated rings. The lowest BCUT2D eigenvalue weighted by Crippen LogP contribution is -2.17. The van der Waals surface area contributed by atoms with E-state index in [2.05, 4.69) is 0 Å². The van der Waals surface area contributed by atoms with Crippen LogP contribution in [0.2, 0.25) is 0 Å². The van der Waals surface area contributed by atoms with Crippen LogP contribution in [0, 0.1) is 23.5 Å². The van der Waals surface area contributed by atoms with Crippen LogP contribution >= 0.6 is 0 Å². The van der Waals surface area contributed by atoms with Gasteiger partial charge in [0.1, 0.15) is 11.6 Å². The van der Waals surface area contributed by atoms with E-state index in [9.17, 15) is 13.2 Å². The number of hydrogen-bond donors (Lipinski definition) is 0. The average Bonchev–Trinajstić information content (AvgIpc) is 2.62. The van der Waals surface area contributed by atoms with E-state index in [0.29, 0.717) is 23.8 Å². The Labute approximate surface area is 155 Å². The molecule has 0 saturated heterocycles. The first kappa shape index (κ1) is 19.5. The SMILES string of the molecule is CCCc1cc(F)c([C@H]2CC[C@H](CCC3CC=C(F)CC3)CC2)c(F)c1. The average molecular weight is 364 g/mol. The number of benzene rings is 1. The van der Waals surface area contributed by atoms with Crippen molar-refractivity contribution in [2.24, 2.45) is 11.8 Å². The maximum Gasteiger partial charge on any atom is 0.129 e. The van der Waals surface area contributed by atoms with Gasteiger partial charge in [-0.05, 0) is 93.2 Å². The van der Waals surface area contributed by atoms with Gasteiger partial charge in [-0.15, -0.1) is 0 Å². The maximum atomic E-state index is 14.5. The summed E-state index contributed by atoms with van der Waals surface area (Å²) in [5.41, 5.74) is 1.08. The first-order chi connectivity index (χ1) is 12.6. The van der Waals surface area contributed by atoms with Crippen LogP contribution in [0.3, 0.4) is 0 Å². The minimum absolute atomic E-state index is 0.0219. The van der Waals surface area contributed by atoms with Gasteiger partial charge in [0.2, 0.25) is 0 Å². The summed E-state index contributed by atoms with van der Waals surface area (Å²) >= 11 is 0. The molecule has 0 heterocycles. The third-order valence-corrected chi connectivity index (χ3v) is 6.38. The van der Waals surface area contributed by atoms with E-state index in [-0.39, 0.29) is 23.4 Å². The predicted molar refractivity (Wildman–Crippen MR) is 101 cm³/mol. The van der Waals surface area contributed by atoms with Gasteiger partial charge in [-0.25, -0.2) is 13.2 Å². The summed E-state index contributed by atoms with van der Waals surface area (Å²) in [4.78, 5) is 0. The van der Waals surface area contributed by atoms with Crippen molar-refractivity contribution in [1.29, 1.82) is 0 Å². The summed E-state index contributed by atoms with van der Waals surface area (Å²) in [5, 5.41) is 0. The molecule has 0 spiro atoms. The molecule has 0 aliphatic heterocycles. The van der Waals surface area contributed by atoms with Crippen LogP contribution in [-0.2, 0) is 6.42 Å². The van der Waals surface area contributed by atoms with E-state index < -0.39 is 0 Å². The molecule has 0 radical (unpaired) electrons. The molecule has 3 heteroatoms. The first-order valence-corrected chi connectivity index (χ1v) is 10.4. The number of halogens is 3. The Bertz CT molecular complexity index is 603. The molecule has 144 valence electrons. The van der Waals surface area contributed by atoms with Crippen LogP contribution in [0.4, 0.5) is 13.2 Å². The van der Waals surface area contributed by atoms with Gasteiger partial charge in [-0.2, -0.15) is 0 Å². The van der Waals surface area contributed by atoms with Gasteiger partial charge in [-0.1, -0.05) is 25.8 Å². The van der Waals surface area contributed by atoms with Gasteiger partial charge in [0.05, 0.1) is 5.83 Å². The van der Waals surface area contributed by atoms with E-state index >= 15 is 0 Å². The zero-order chi connectivity index (χ0) is 18.5. The molecule has 0 nitrogen and oxygen atoms in total. The Kier molecular flexibility index (Phi) is 6.83. The Morgan fingerprint density at radius 2 is 1.54 bits per heavy atom. The standard InChI is InChI=1S/C23H31F3/c1-2-3-18-14-21(25)23(22(26)15-18)19-10-6-16(7-11-19)4-5-17-8-12-20(24)13-9-17/h12,14-17,19H,2-11,13H2,1H3/t16-,17?,19-. The first-order valence-electron chi connectivity index (χ1n) is 10.4. The molecule has 1 aromatic rings. The van der Waals surface area contributed by atoms with E-state index in [1.54, 1.807) is 6.08 Å². The highest BCUT2D eigenvalue weighted by atomic mass is 19.1. The predicted octanol–water partition coefficient (Wildman–Crippen LogP) is 7.62. The molecule has 0 bridgehead atoms. The highest BCUT2D eigenvalue weighted by Crippen LogP contribution is 2.41. The van der Waals surface area contributed by atoms with E-state index in [4.69, 9.17) is 0 Å². The van der Waals surface area contributed by atoms with Crippen molar-refractivity contribution in [3.63, 3.8) is 0 Å². The van der Waals surface area contributed by atoms with Crippen molar-refractivity contribution < 1.29 is 13.2 Å². The number of hydrogen-bond acceptors (Lipinski definition) is 0. The zero-order valence-electron chi connectivity index (χ0n) is 15.9. The summed E-state index contributed by atoms with van der Waals surface area (Å²) in [6.07, 6.45) is 12.0. The highest BCUT2D eigenvalue weighted by Gasteiger charge is 2.27. The molecule has 0 N–H and O–H groups in total. The fourth-order valence-corrected chi connectivity index (χ4v) is 4.79. The van der Waals surface area contributed by atoms with Crippen LogP contribution < -0.4 is 0 Å². The molecule has 26 heavy (non-hydrogen) atoms. The molecular formula is C23H31F3. The fourth-order valence-electron chi connectivity index (χ4n) is 4.79. The minimum atomic E-state index is -0.354. The van der Waals surface area contributed by atoms with Crippen molar-refractivity contribution >= 4 is 0 Å². The summed E-state index contributed by atoms with van der Waals surface area (Å²) < 4.78 is 42.0. The molecule has 1 atom stereocenters. The second-order valence-electron chi connectivity index (χ2n) is 8.31. The number of allylic oxidation sites excluding steroid dienone is 2. The second kappa shape index (κ2) is 9.10. The molecule has 2 aliphatic rings. The normalized spacial score (nSPS) is 26.6. The van der Waals surface area contributed by atoms with Gasteiger partial charge in [0.15, 0.2) is 0 Å². The van der Waals surface area contributed by atoms with E-state index in [1.165, 1.54) is 18.6 Å². The van der Waals surface area contributed by atoms with Crippen LogP contribution in [0.5, 0.6) is 0 Å². The topological polar surface area (TPSA) is 0 Å². The molecule has 0 aromatic heterocycles. The van der Waals surface area contributed by atoms with Gasteiger partial charge < -0.3 is 0 Å². The Balaban J connectivity index is 1.51. The minimum Gasteiger partial charge on any atom is -0.212 e. The van der Waals surface area contributed by atoms with Crippen LogP contribution in [0.1, 0.15) is 88.2 Å². The molecule has 1 unspecified atom stereocenters. The van der Waals surface area contributed by atoms with Crippen molar-refractivity contribution in [1.82, 2.24) is 0 Å². The van der Waals surface area contributed by atoms with Crippen molar-refractivity contribution in [2.75, 3.05) is 0 Å². The lowest BCUT2D eigenvalue weighted by molar-refractivity contribution is 0.272. The number of rotatable bonds is 6. The largest absolute Gasteiger partial charge is 0.212 e. The Morgan fingerprint density at radius 1 is 0.885 bits per heavy atom. The molecule has 2 aliphatic carbocycles. The molecule has 1 aromatic carbocycles. The smallest absolute Gasteiger partial charge is 0.129 e. The van der Waals surface area contributed by atoms with Crippen molar-refractivity contribution in [3.05, 3.63) is 46.8 Å². The summed E-state index contributed by atoms with van der Waals surface area (Å²) in [6, 6.07) is 3.06. The molecule has 3 rings (SSSR count). The van der Waals surface area contributed by atoms with Crippen LogP contribution in [0.15, 0.2) is 24.0 Å². The lowest BCUT2D eigenvalue weighted by atomic mass is 9.75. The molecular weight excluding hydrogens is 333 g/mol. The van der Waals surface area contributed by atoms with Crippen LogP contribution in [0.25, 0.3) is 0 Å². The second-order valence-corrected chi connectivity index (χ2v) is 8.31.